The maximum Gasteiger partial charge on any atom is 0.261 e. The van der Waals surface area contributed by atoms with E-state index in [1.807, 2.05) is 0 Å². The summed E-state index contributed by atoms with van der Waals surface area (Å²) >= 11 is 0. The first-order chi connectivity index (χ1) is 12.0. The number of hydrogen-bond acceptors (Lipinski definition) is 3. The molecule has 25 heavy (non-hydrogen) atoms. The molecule has 1 aliphatic heterocycles. The Hall–Kier alpha value is -3.09. The van der Waals surface area contributed by atoms with Gasteiger partial charge in [-0.15, -0.1) is 0 Å². The third kappa shape index (κ3) is 2.67. The molecule has 0 saturated carbocycles. The number of carbonyl (C=O) groups is 1. The first kappa shape index (κ1) is 15.4. The van der Waals surface area contributed by atoms with Gasteiger partial charge in [-0.1, -0.05) is 0 Å². The highest BCUT2D eigenvalue weighted by Gasteiger charge is 2.17. The lowest BCUT2D eigenvalue weighted by Gasteiger charge is -2.08. The minimum absolute atomic E-state index is 0.124. The largest absolute Gasteiger partial charge is 0.319 e. The van der Waals surface area contributed by atoms with Crippen LogP contribution in [0, 0.1) is 11.6 Å². The lowest BCUT2D eigenvalue weighted by atomic mass is 10.1. The monoisotopic (exact) mass is 341 g/mol. The van der Waals surface area contributed by atoms with Gasteiger partial charge in [0.2, 0.25) is 0 Å². The number of benzene rings is 2. The Labute approximate surface area is 140 Å². The molecule has 0 bridgehead atoms. The van der Waals surface area contributed by atoms with E-state index < -0.39 is 17.5 Å². The number of hydrogen-bond donors (Lipinski definition) is 1. The third-order valence-corrected chi connectivity index (χ3v) is 4.26. The van der Waals surface area contributed by atoms with E-state index in [1.165, 1.54) is 18.2 Å². The second kappa shape index (κ2) is 5.77. The van der Waals surface area contributed by atoms with E-state index in [2.05, 4.69) is 10.3 Å². The van der Waals surface area contributed by atoms with Crippen LogP contribution in [0.25, 0.3) is 10.9 Å². The molecule has 0 fully saturated rings. The zero-order chi connectivity index (χ0) is 17.6. The van der Waals surface area contributed by atoms with Gasteiger partial charge in [0.15, 0.2) is 0 Å². The first-order valence-electron chi connectivity index (χ1n) is 7.83. The van der Waals surface area contributed by atoms with E-state index in [0.717, 1.165) is 31.0 Å². The summed E-state index contributed by atoms with van der Waals surface area (Å²) in [7, 11) is 0. The third-order valence-electron chi connectivity index (χ3n) is 4.26. The number of rotatable bonds is 2. The fourth-order valence-electron chi connectivity index (χ4n) is 3.01. The molecule has 0 spiro atoms. The van der Waals surface area contributed by atoms with E-state index in [1.54, 1.807) is 4.57 Å². The first-order valence-corrected chi connectivity index (χ1v) is 7.83. The number of carbonyl (C=O) groups excluding carboxylic acids is 1. The Balaban J connectivity index is 1.72. The Morgan fingerprint density at radius 3 is 2.84 bits per heavy atom. The maximum absolute atomic E-state index is 13.7. The van der Waals surface area contributed by atoms with Crippen LogP contribution in [0.1, 0.15) is 22.6 Å². The summed E-state index contributed by atoms with van der Waals surface area (Å²) < 4.78 is 28.5. The predicted octanol–water partition coefficient (Wildman–Crippen LogP) is 2.87. The highest BCUT2D eigenvalue weighted by Crippen LogP contribution is 2.19. The fourth-order valence-corrected chi connectivity index (χ4v) is 3.01. The van der Waals surface area contributed by atoms with Crippen molar-refractivity contribution in [1.29, 1.82) is 0 Å². The molecule has 2 heterocycles. The van der Waals surface area contributed by atoms with Crippen molar-refractivity contribution in [2.24, 2.45) is 0 Å². The van der Waals surface area contributed by atoms with Gasteiger partial charge in [0.25, 0.3) is 11.5 Å². The molecule has 0 saturated heterocycles. The quantitative estimate of drug-likeness (QED) is 0.779. The van der Waals surface area contributed by atoms with Gasteiger partial charge in [0, 0.05) is 24.6 Å². The lowest BCUT2D eigenvalue weighted by molar-refractivity contribution is 0.102. The summed E-state index contributed by atoms with van der Waals surface area (Å²) in [5.74, 6) is -1.29. The normalized spacial score (nSPS) is 13.0. The van der Waals surface area contributed by atoms with Crippen LogP contribution < -0.4 is 10.9 Å². The summed E-state index contributed by atoms with van der Waals surface area (Å²) in [5, 5.41) is 2.76. The van der Waals surface area contributed by atoms with E-state index >= 15 is 0 Å². The molecule has 5 nitrogen and oxygen atoms in total. The van der Waals surface area contributed by atoms with Crippen molar-refractivity contribution >= 4 is 22.5 Å². The van der Waals surface area contributed by atoms with E-state index in [9.17, 15) is 18.4 Å². The minimum atomic E-state index is -0.732. The molecule has 7 heteroatoms. The molecule has 3 aromatic rings. The van der Waals surface area contributed by atoms with E-state index in [0.29, 0.717) is 23.3 Å². The molecular formula is C18H13F2N3O2. The zero-order valence-electron chi connectivity index (χ0n) is 13.1. The molecular weight excluding hydrogens is 328 g/mol. The van der Waals surface area contributed by atoms with E-state index in [4.69, 9.17) is 0 Å². The molecule has 0 radical (unpaired) electrons. The van der Waals surface area contributed by atoms with Crippen LogP contribution in [-0.2, 0) is 13.0 Å². The molecule has 2 aromatic carbocycles. The molecule has 1 N–H and O–H groups in total. The van der Waals surface area contributed by atoms with Gasteiger partial charge in [-0.2, -0.15) is 0 Å². The second-order valence-corrected chi connectivity index (χ2v) is 5.90. The Morgan fingerprint density at radius 2 is 2.00 bits per heavy atom. The average Bonchev–Trinajstić information content (AvgIpc) is 3.06. The molecule has 1 amide bonds. The summed E-state index contributed by atoms with van der Waals surface area (Å²) in [6.45, 7) is 0.651. The smallest absolute Gasteiger partial charge is 0.261 e. The Kier molecular flexibility index (Phi) is 3.56. The molecule has 4 rings (SSSR count). The van der Waals surface area contributed by atoms with Crippen LogP contribution in [0.2, 0.25) is 0 Å². The fraction of sp³-hybridized carbons (Fsp3) is 0.167. The Morgan fingerprint density at radius 1 is 1.16 bits per heavy atom. The number of nitrogens with one attached hydrogen (secondary N) is 1. The molecule has 126 valence electrons. The standard InChI is InChI=1S/C18H13F2N3O2/c19-11-4-6-13(20)15(9-11)22-17(24)10-3-5-12-14(8-10)21-16-2-1-7-23(16)18(12)25/h3-6,8-9H,1-2,7H2,(H,22,24). The number of amides is 1. The number of aryl methyl sites for hydroxylation is 1. The zero-order valence-corrected chi connectivity index (χ0v) is 13.1. The van der Waals surface area contributed by atoms with Crippen LogP contribution in [-0.4, -0.2) is 15.5 Å². The maximum atomic E-state index is 13.7. The van der Waals surface area contributed by atoms with Gasteiger partial charge in [-0.25, -0.2) is 13.8 Å². The van der Waals surface area contributed by atoms with Crippen molar-refractivity contribution in [1.82, 2.24) is 9.55 Å². The van der Waals surface area contributed by atoms with Crippen LogP contribution in [0.15, 0.2) is 41.2 Å². The van der Waals surface area contributed by atoms with Crippen molar-refractivity contribution in [3.8, 4) is 0 Å². The number of aromatic nitrogens is 2. The van der Waals surface area contributed by atoms with E-state index in [-0.39, 0.29) is 16.8 Å². The molecule has 1 aliphatic rings. The number of nitrogens with zero attached hydrogens (tertiary/aromatic N) is 2. The van der Waals surface area contributed by atoms with Crippen molar-refractivity contribution in [2.45, 2.75) is 19.4 Å². The highest BCUT2D eigenvalue weighted by atomic mass is 19.1. The summed E-state index contributed by atoms with van der Waals surface area (Å²) in [6, 6.07) is 7.32. The van der Waals surface area contributed by atoms with Gasteiger partial charge in [0.1, 0.15) is 17.5 Å². The molecule has 1 aromatic heterocycles. The summed E-state index contributed by atoms with van der Waals surface area (Å²) in [5.41, 5.74) is 0.268. The van der Waals surface area contributed by atoms with Gasteiger partial charge in [-0.3, -0.25) is 14.2 Å². The average molecular weight is 341 g/mol. The number of halogens is 2. The van der Waals surface area contributed by atoms with Crippen LogP contribution in [0.3, 0.4) is 0 Å². The minimum Gasteiger partial charge on any atom is -0.319 e. The van der Waals surface area contributed by atoms with Crippen molar-refractivity contribution in [2.75, 3.05) is 5.32 Å². The van der Waals surface area contributed by atoms with Crippen LogP contribution in [0.4, 0.5) is 14.5 Å². The van der Waals surface area contributed by atoms with Gasteiger partial charge < -0.3 is 5.32 Å². The topological polar surface area (TPSA) is 64.0 Å². The van der Waals surface area contributed by atoms with Gasteiger partial charge >= 0.3 is 0 Å². The SMILES string of the molecule is O=C(Nc1cc(F)ccc1F)c1ccc2c(=O)n3c(nc2c1)CCC3. The van der Waals surface area contributed by atoms with Crippen LogP contribution >= 0.6 is 0 Å². The summed E-state index contributed by atoms with van der Waals surface area (Å²) in [4.78, 5) is 29.2. The predicted molar refractivity (Wildman–Crippen MR) is 88.6 cm³/mol. The summed E-state index contributed by atoms with van der Waals surface area (Å²) in [6.07, 6.45) is 1.58. The molecule has 0 aliphatic carbocycles. The van der Waals surface area contributed by atoms with Crippen molar-refractivity contribution in [3.63, 3.8) is 0 Å². The van der Waals surface area contributed by atoms with Crippen molar-refractivity contribution in [3.05, 3.63) is 69.8 Å². The molecule has 0 unspecified atom stereocenters. The lowest BCUT2D eigenvalue weighted by Crippen LogP contribution is -2.21. The Bertz CT molecular complexity index is 1080. The van der Waals surface area contributed by atoms with Gasteiger partial charge in [0.05, 0.1) is 16.6 Å². The second-order valence-electron chi connectivity index (χ2n) is 5.90. The highest BCUT2D eigenvalue weighted by molar-refractivity contribution is 6.06. The molecule has 0 atom stereocenters. The number of fused-ring (bicyclic) bond motifs is 2. The number of anilines is 1. The van der Waals surface area contributed by atoms with Crippen LogP contribution in [0.5, 0.6) is 0 Å². The van der Waals surface area contributed by atoms with Gasteiger partial charge in [-0.05, 0) is 36.8 Å². The van der Waals surface area contributed by atoms with Crippen molar-refractivity contribution < 1.29 is 13.6 Å².